The van der Waals surface area contributed by atoms with Crippen LogP contribution in [-0.4, -0.2) is 60.9 Å². The predicted octanol–water partition coefficient (Wildman–Crippen LogP) is 1.97. The van der Waals surface area contributed by atoms with Gasteiger partial charge >= 0.3 is 5.97 Å². The van der Waals surface area contributed by atoms with Gasteiger partial charge in [-0.1, -0.05) is 6.92 Å². The fourth-order valence-electron chi connectivity index (χ4n) is 3.32. The zero-order valence-electron chi connectivity index (χ0n) is 14.0. The number of aliphatic carboxylic acids is 1. The van der Waals surface area contributed by atoms with Crippen molar-refractivity contribution >= 4 is 5.97 Å². The number of carboxylic acid groups (broad SMARTS) is 1. The van der Waals surface area contributed by atoms with Crippen molar-refractivity contribution in [1.29, 1.82) is 0 Å². The molecule has 0 saturated carbocycles. The molecule has 0 bridgehead atoms. The van der Waals surface area contributed by atoms with E-state index in [1.54, 1.807) is 7.11 Å². The van der Waals surface area contributed by atoms with Gasteiger partial charge in [0.2, 0.25) is 0 Å². The molecule has 0 aromatic heterocycles. The molecule has 1 heterocycles. The monoisotopic (exact) mass is 300 g/mol. The van der Waals surface area contributed by atoms with E-state index >= 15 is 0 Å². The van der Waals surface area contributed by atoms with Crippen LogP contribution >= 0.6 is 0 Å². The molecule has 2 unspecified atom stereocenters. The first-order valence-electron chi connectivity index (χ1n) is 8.16. The largest absolute Gasteiger partial charge is 0.480 e. The first kappa shape index (κ1) is 18.4. The summed E-state index contributed by atoms with van der Waals surface area (Å²) in [5.74, 6) is -0.0865. The zero-order chi connectivity index (χ0) is 15.9. The van der Waals surface area contributed by atoms with E-state index in [0.717, 1.165) is 32.7 Å². The number of likely N-dealkylation sites (tertiary alicyclic amines) is 1. The number of rotatable bonds is 10. The number of carboxylic acids is 1. The van der Waals surface area contributed by atoms with E-state index in [-0.39, 0.29) is 6.04 Å². The van der Waals surface area contributed by atoms with E-state index in [9.17, 15) is 9.90 Å². The maximum Gasteiger partial charge on any atom is 0.323 e. The van der Waals surface area contributed by atoms with Gasteiger partial charge in [-0.3, -0.25) is 10.1 Å². The molecule has 124 valence electrons. The molecule has 0 radical (unpaired) electrons. The third-order valence-electron chi connectivity index (χ3n) is 4.43. The summed E-state index contributed by atoms with van der Waals surface area (Å²) in [4.78, 5) is 14.1. The third-order valence-corrected chi connectivity index (χ3v) is 4.43. The van der Waals surface area contributed by atoms with Gasteiger partial charge in [-0.2, -0.15) is 0 Å². The van der Waals surface area contributed by atoms with Crippen LogP contribution in [0.5, 0.6) is 0 Å². The molecule has 1 rings (SSSR count). The van der Waals surface area contributed by atoms with Crippen LogP contribution in [0, 0.1) is 5.92 Å². The first-order valence-corrected chi connectivity index (χ1v) is 8.16. The molecule has 2 atom stereocenters. The Kier molecular flexibility index (Phi) is 7.63. The molecule has 1 saturated heterocycles. The van der Waals surface area contributed by atoms with E-state index in [4.69, 9.17) is 4.74 Å². The Labute approximate surface area is 129 Å². The van der Waals surface area contributed by atoms with Crippen LogP contribution in [0.15, 0.2) is 0 Å². The number of methoxy groups -OCH3 is 1. The second kappa shape index (κ2) is 8.71. The van der Waals surface area contributed by atoms with E-state index < -0.39 is 11.5 Å². The lowest BCUT2D eigenvalue weighted by Gasteiger charge is -2.32. The highest BCUT2D eigenvalue weighted by Gasteiger charge is 2.36. The second-order valence-electron chi connectivity index (χ2n) is 6.55. The van der Waals surface area contributed by atoms with Crippen LogP contribution in [0.25, 0.3) is 0 Å². The summed E-state index contributed by atoms with van der Waals surface area (Å²) in [5.41, 5.74) is -0.778. The average molecular weight is 300 g/mol. The Morgan fingerprint density at radius 1 is 1.52 bits per heavy atom. The van der Waals surface area contributed by atoms with Crippen LogP contribution in [0.3, 0.4) is 0 Å². The number of hydrogen-bond donors (Lipinski definition) is 2. The molecule has 1 aliphatic heterocycles. The van der Waals surface area contributed by atoms with Crippen molar-refractivity contribution in [2.75, 3.05) is 33.4 Å². The van der Waals surface area contributed by atoms with Crippen LogP contribution in [-0.2, 0) is 9.53 Å². The van der Waals surface area contributed by atoms with Crippen LogP contribution in [0.1, 0.15) is 46.5 Å². The second-order valence-corrected chi connectivity index (χ2v) is 6.55. The highest BCUT2D eigenvalue weighted by molar-refractivity contribution is 5.78. The predicted molar refractivity (Wildman–Crippen MR) is 84.6 cm³/mol. The number of carbonyl (C=O) groups is 1. The molecule has 0 spiro atoms. The van der Waals surface area contributed by atoms with Crippen LogP contribution in [0.4, 0.5) is 0 Å². The van der Waals surface area contributed by atoms with Crippen molar-refractivity contribution < 1.29 is 14.6 Å². The van der Waals surface area contributed by atoms with Gasteiger partial charge in [-0.15, -0.1) is 0 Å². The molecule has 0 aromatic carbocycles. The summed E-state index contributed by atoms with van der Waals surface area (Å²) >= 11 is 0. The van der Waals surface area contributed by atoms with E-state index in [1.807, 2.05) is 20.8 Å². The first-order chi connectivity index (χ1) is 9.93. The molecule has 21 heavy (non-hydrogen) atoms. The standard InChI is InChI=1S/C16H32N2O3/c1-5-16(15(19)20,17-13(2)3)8-6-9-18-10-7-14(11-18)12-21-4/h13-14,17H,5-12H2,1-4H3,(H,19,20). The topological polar surface area (TPSA) is 61.8 Å². The van der Waals surface area contributed by atoms with Crippen molar-refractivity contribution in [2.24, 2.45) is 5.92 Å². The van der Waals surface area contributed by atoms with Gasteiger partial charge in [-0.05, 0) is 58.5 Å². The summed E-state index contributed by atoms with van der Waals surface area (Å²) in [6.45, 7) is 9.96. The molecule has 1 aliphatic rings. The normalized spacial score (nSPS) is 22.6. The molecule has 2 N–H and O–H groups in total. The van der Waals surface area contributed by atoms with Crippen molar-refractivity contribution in [3.63, 3.8) is 0 Å². The van der Waals surface area contributed by atoms with E-state index in [0.29, 0.717) is 18.8 Å². The minimum Gasteiger partial charge on any atom is -0.480 e. The van der Waals surface area contributed by atoms with Crippen LogP contribution < -0.4 is 5.32 Å². The highest BCUT2D eigenvalue weighted by atomic mass is 16.5. The third kappa shape index (κ3) is 5.57. The fourth-order valence-corrected chi connectivity index (χ4v) is 3.32. The van der Waals surface area contributed by atoms with Crippen molar-refractivity contribution in [3.05, 3.63) is 0 Å². The zero-order valence-corrected chi connectivity index (χ0v) is 14.0. The van der Waals surface area contributed by atoms with E-state index in [1.165, 1.54) is 6.42 Å². The molecule has 0 aliphatic carbocycles. The quantitative estimate of drug-likeness (QED) is 0.646. The number of nitrogens with one attached hydrogen (secondary N) is 1. The molecular formula is C16H32N2O3. The maximum atomic E-state index is 11.7. The Morgan fingerprint density at radius 2 is 2.24 bits per heavy atom. The van der Waals surface area contributed by atoms with Gasteiger partial charge in [0.15, 0.2) is 0 Å². The van der Waals surface area contributed by atoms with Gasteiger partial charge < -0.3 is 14.7 Å². The lowest BCUT2D eigenvalue weighted by molar-refractivity contribution is -0.145. The van der Waals surface area contributed by atoms with Gasteiger partial charge in [0, 0.05) is 19.7 Å². The van der Waals surface area contributed by atoms with Gasteiger partial charge in [-0.25, -0.2) is 0 Å². The Hall–Kier alpha value is -0.650. The molecule has 1 fully saturated rings. The van der Waals surface area contributed by atoms with Gasteiger partial charge in [0.05, 0.1) is 6.61 Å². The van der Waals surface area contributed by atoms with Crippen molar-refractivity contribution in [3.8, 4) is 0 Å². The van der Waals surface area contributed by atoms with Crippen molar-refractivity contribution in [2.45, 2.75) is 58.0 Å². The summed E-state index contributed by atoms with van der Waals surface area (Å²) in [5, 5.41) is 12.8. The minimum atomic E-state index is -0.778. The molecule has 5 nitrogen and oxygen atoms in total. The van der Waals surface area contributed by atoms with Crippen molar-refractivity contribution in [1.82, 2.24) is 10.2 Å². The minimum absolute atomic E-state index is 0.180. The molecule has 0 amide bonds. The Balaban J connectivity index is 2.42. The maximum absolute atomic E-state index is 11.7. The lowest BCUT2D eigenvalue weighted by atomic mass is 9.89. The van der Waals surface area contributed by atoms with Gasteiger partial charge in [0.25, 0.3) is 0 Å². The molecule has 5 heteroatoms. The highest BCUT2D eigenvalue weighted by Crippen LogP contribution is 2.22. The molecular weight excluding hydrogens is 268 g/mol. The SMILES string of the molecule is CCC(CCCN1CCC(COC)C1)(NC(C)C)C(=O)O. The number of ether oxygens (including phenoxy) is 1. The van der Waals surface area contributed by atoms with Gasteiger partial charge in [0.1, 0.15) is 5.54 Å². The lowest BCUT2D eigenvalue weighted by Crippen LogP contribution is -2.54. The van der Waals surface area contributed by atoms with E-state index in [2.05, 4.69) is 10.2 Å². The Morgan fingerprint density at radius 3 is 2.76 bits per heavy atom. The summed E-state index contributed by atoms with van der Waals surface area (Å²) in [6.07, 6.45) is 3.41. The van der Waals surface area contributed by atoms with Crippen LogP contribution in [0.2, 0.25) is 0 Å². The smallest absolute Gasteiger partial charge is 0.323 e. The average Bonchev–Trinajstić information content (AvgIpc) is 2.85. The number of nitrogens with zero attached hydrogens (tertiary/aromatic N) is 1. The summed E-state index contributed by atoms with van der Waals surface area (Å²) in [7, 11) is 1.75. The summed E-state index contributed by atoms with van der Waals surface area (Å²) in [6, 6.07) is 0.180. The Bertz CT molecular complexity index is 323. The number of hydrogen-bond acceptors (Lipinski definition) is 4. The fraction of sp³-hybridized carbons (Fsp3) is 0.938. The summed E-state index contributed by atoms with van der Waals surface area (Å²) < 4.78 is 5.21. The molecule has 0 aromatic rings.